The molecule has 0 bridgehead atoms. The molecule has 0 amide bonds. The van der Waals surface area contributed by atoms with E-state index in [-0.39, 0.29) is 0 Å². The molecule has 88 valence electrons. The second-order valence-electron chi connectivity index (χ2n) is 4.13. The van der Waals surface area contributed by atoms with Crippen LogP contribution in [0.25, 0.3) is 0 Å². The van der Waals surface area contributed by atoms with Crippen molar-refractivity contribution in [1.82, 2.24) is 0 Å². The first kappa shape index (κ1) is 11.8. The van der Waals surface area contributed by atoms with Gasteiger partial charge >= 0.3 is 0 Å². The van der Waals surface area contributed by atoms with Crippen molar-refractivity contribution < 1.29 is 4.74 Å². The van der Waals surface area contributed by atoms with Crippen molar-refractivity contribution in [2.24, 2.45) is 0 Å². The molecule has 0 atom stereocenters. The van der Waals surface area contributed by atoms with Crippen molar-refractivity contribution in [1.29, 1.82) is 0 Å². The van der Waals surface area contributed by atoms with Gasteiger partial charge in [-0.1, -0.05) is 18.2 Å². The van der Waals surface area contributed by atoms with Crippen molar-refractivity contribution >= 4 is 17.4 Å². The summed E-state index contributed by atoms with van der Waals surface area (Å²) >= 11 is 2.07. The van der Waals surface area contributed by atoms with E-state index in [1.807, 2.05) is 12.1 Å². The number of aryl methyl sites for hydroxylation is 1. The second kappa shape index (κ2) is 6.16. The van der Waals surface area contributed by atoms with Gasteiger partial charge in [0, 0.05) is 24.2 Å². The molecular weight excluding hydrogens is 218 g/mol. The lowest BCUT2D eigenvalue weighted by Gasteiger charge is -2.21. The molecule has 2 rings (SSSR count). The summed E-state index contributed by atoms with van der Waals surface area (Å²) in [5, 5.41) is 0.790. The Morgan fingerprint density at radius 3 is 2.75 bits per heavy atom. The van der Waals surface area contributed by atoms with Crippen molar-refractivity contribution in [3.05, 3.63) is 29.8 Å². The number of hydrogen-bond donors (Lipinski definition) is 1. The Kier molecular flexibility index (Phi) is 4.55. The zero-order valence-electron chi connectivity index (χ0n) is 9.52. The molecule has 0 unspecified atom stereocenters. The lowest BCUT2D eigenvalue weighted by molar-refractivity contribution is 0.100. The molecule has 0 spiro atoms. The average molecular weight is 237 g/mol. The maximum Gasteiger partial charge on any atom is 0.0476 e. The van der Waals surface area contributed by atoms with E-state index in [0.717, 1.165) is 30.6 Å². The van der Waals surface area contributed by atoms with Crippen molar-refractivity contribution in [3.63, 3.8) is 0 Å². The van der Waals surface area contributed by atoms with Crippen LogP contribution in [0.1, 0.15) is 18.4 Å². The summed E-state index contributed by atoms with van der Waals surface area (Å²) in [5.41, 5.74) is 8.12. The molecule has 0 aromatic heterocycles. The Hall–Kier alpha value is -0.670. The van der Waals surface area contributed by atoms with Crippen molar-refractivity contribution in [2.45, 2.75) is 24.5 Å². The van der Waals surface area contributed by atoms with E-state index in [1.165, 1.54) is 24.2 Å². The molecular formula is C13H19NOS. The van der Waals surface area contributed by atoms with E-state index in [1.54, 1.807) is 0 Å². The third-order valence-electron chi connectivity index (χ3n) is 2.95. The Morgan fingerprint density at radius 2 is 2.00 bits per heavy atom. The Labute approximate surface area is 102 Å². The van der Waals surface area contributed by atoms with Gasteiger partial charge in [-0.3, -0.25) is 0 Å². The number of rotatable bonds is 4. The third-order valence-corrected chi connectivity index (χ3v) is 4.33. The first-order valence-corrected chi connectivity index (χ1v) is 6.94. The van der Waals surface area contributed by atoms with Gasteiger partial charge in [0.2, 0.25) is 0 Å². The van der Waals surface area contributed by atoms with E-state index in [2.05, 4.69) is 23.9 Å². The molecule has 1 heterocycles. The molecule has 2 nitrogen and oxygen atoms in total. The number of ether oxygens (including phenoxy) is 1. The van der Waals surface area contributed by atoms with Gasteiger partial charge in [0.1, 0.15) is 0 Å². The van der Waals surface area contributed by atoms with Gasteiger partial charge in [0.05, 0.1) is 0 Å². The number of benzene rings is 1. The summed E-state index contributed by atoms with van der Waals surface area (Å²) in [4.78, 5) is 0. The normalized spacial score (nSPS) is 17.5. The maximum atomic E-state index is 5.91. The van der Waals surface area contributed by atoms with Crippen molar-refractivity contribution in [2.75, 3.05) is 24.7 Å². The summed E-state index contributed by atoms with van der Waals surface area (Å²) in [6, 6.07) is 8.16. The molecule has 1 aliphatic rings. The first-order chi connectivity index (χ1) is 7.86. The van der Waals surface area contributed by atoms with Crippen LogP contribution in [0.2, 0.25) is 0 Å². The number of anilines is 1. The van der Waals surface area contributed by atoms with Gasteiger partial charge in [-0.05, 0) is 36.6 Å². The molecule has 0 saturated carbocycles. The molecule has 0 aliphatic carbocycles. The van der Waals surface area contributed by atoms with Crippen LogP contribution in [0, 0.1) is 0 Å². The highest BCUT2D eigenvalue weighted by Gasteiger charge is 2.13. The quantitative estimate of drug-likeness (QED) is 0.818. The minimum atomic E-state index is 0.790. The number of thioether (sulfide) groups is 1. The summed E-state index contributed by atoms with van der Waals surface area (Å²) in [7, 11) is 0. The van der Waals surface area contributed by atoms with E-state index >= 15 is 0 Å². The fourth-order valence-corrected chi connectivity index (χ4v) is 3.14. The highest BCUT2D eigenvalue weighted by atomic mass is 32.2. The predicted molar refractivity (Wildman–Crippen MR) is 70.9 cm³/mol. The van der Waals surface area contributed by atoms with Gasteiger partial charge in [-0.25, -0.2) is 0 Å². The maximum absolute atomic E-state index is 5.91. The van der Waals surface area contributed by atoms with Gasteiger partial charge in [0.25, 0.3) is 0 Å². The molecule has 2 N–H and O–H groups in total. The zero-order valence-corrected chi connectivity index (χ0v) is 10.3. The summed E-state index contributed by atoms with van der Waals surface area (Å²) < 4.78 is 5.35. The number of hydrogen-bond acceptors (Lipinski definition) is 3. The van der Waals surface area contributed by atoms with Gasteiger partial charge < -0.3 is 10.5 Å². The standard InChI is InChI=1S/C13H19NOS/c14-13-4-2-1-3-11(13)7-10-16-12-5-8-15-9-6-12/h1-4,12H,5-10,14H2. The predicted octanol–water partition coefficient (Wildman–Crippen LogP) is 2.72. The summed E-state index contributed by atoms with van der Waals surface area (Å²) in [6.07, 6.45) is 3.48. The monoisotopic (exact) mass is 237 g/mol. The molecule has 3 heteroatoms. The van der Waals surface area contributed by atoms with Crippen LogP contribution in [0.3, 0.4) is 0 Å². The van der Waals surface area contributed by atoms with Crippen LogP contribution in [0.4, 0.5) is 5.69 Å². The van der Waals surface area contributed by atoms with Crippen LogP contribution >= 0.6 is 11.8 Å². The molecule has 1 aromatic carbocycles. The molecule has 1 aliphatic heterocycles. The lowest BCUT2D eigenvalue weighted by Crippen LogP contribution is -2.18. The lowest BCUT2D eigenvalue weighted by atomic mass is 10.1. The van der Waals surface area contributed by atoms with Crippen LogP contribution < -0.4 is 5.73 Å². The van der Waals surface area contributed by atoms with Gasteiger partial charge in [-0.2, -0.15) is 11.8 Å². The Balaban J connectivity index is 1.73. The second-order valence-corrected chi connectivity index (χ2v) is 5.54. The SMILES string of the molecule is Nc1ccccc1CCSC1CCOCC1. The van der Waals surface area contributed by atoms with Crippen LogP contribution in [-0.2, 0) is 11.2 Å². The van der Waals surface area contributed by atoms with E-state index in [9.17, 15) is 0 Å². The topological polar surface area (TPSA) is 35.2 Å². The molecule has 1 fully saturated rings. The minimum Gasteiger partial charge on any atom is -0.399 e. The Bertz CT molecular complexity index is 323. The van der Waals surface area contributed by atoms with Crippen LogP contribution in [0.5, 0.6) is 0 Å². The zero-order chi connectivity index (χ0) is 11.2. The van der Waals surface area contributed by atoms with E-state index < -0.39 is 0 Å². The van der Waals surface area contributed by atoms with Gasteiger partial charge in [-0.15, -0.1) is 0 Å². The van der Waals surface area contributed by atoms with E-state index in [0.29, 0.717) is 0 Å². The molecule has 1 aromatic rings. The van der Waals surface area contributed by atoms with E-state index in [4.69, 9.17) is 10.5 Å². The number of para-hydroxylation sites is 1. The smallest absolute Gasteiger partial charge is 0.0476 e. The first-order valence-electron chi connectivity index (χ1n) is 5.89. The highest BCUT2D eigenvalue weighted by Crippen LogP contribution is 2.23. The largest absolute Gasteiger partial charge is 0.399 e. The summed E-state index contributed by atoms with van der Waals surface area (Å²) in [5.74, 6) is 1.17. The molecule has 0 radical (unpaired) electrons. The van der Waals surface area contributed by atoms with Gasteiger partial charge in [0.15, 0.2) is 0 Å². The fraction of sp³-hybridized carbons (Fsp3) is 0.538. The fourth-order valence-electron chi connectivity index (χ4n) is 1.94. The minimum absolute atomic E-state index is 0.790. The third kappa shape index (κ3) is 3.42. The van der Waals surface area contributed by atoms with Crippen LogP contribution in [0.15, 0.2) is 24.3 Å². The number of nitrogens with two attached hydrogens (primary N) is 1. The number of nitrogen functional groups attached to an aromatic ring is 1. The van der Waals surface area contributed by atoms with Crippen LogP contribution in [-0.4, -0.2) is 24.2 Å². The van der Waals surface area contributed by atoms with Crippen molar-refractivity contribution in [3.8, 4) is 0 Å². The molecule has 16 heavy (non-hydrogen) atoms. The average Bonchev–Trinajstić information content (AvgIpc) is 2.33. The summed E-state index contributed by atoms with van der Waals surface area (Å²) in [6.45, 7) is 1.87. The highest BCUT2D eigenvalue weighted by molar-refractivity contribution is 7.99. The molecule has 1 saturated heterocycles. The Morgan fingerprint density at radius 1 is 1.25 bits per heavy atom.